The second-order valence-corrected chi connectivity index (χ2v) is 6.18. The molecule has 1 amide bonds. The summed E-state index contributed by atoms with van der Waals surface area (Å²) in [5, 5.41) is 10.3. The fourth-order valence-corrected chi connectivity index (χ4v) is 2.50. The van der Waals surface area contributed by atoms with Crippen LogP contribution in [-0.4, -0.2) is 25.0 Å². The maximum atomic E-state index is 12.5. The van der Waals surface area contributed by atoms with Crippen LogP contribution in [0.4, 0.5) is 0 Å². The van der Waals surface area contributed by atoms with E-state index in [-0.39, 0.29) is 30.3 Å². The van der Waals surface area contributed by atoms with Crippen LogP contribution >= 0.6 is 12.4 Å². The largest absolute Gasteiger partial charge is 0.491 e. The highest BCUT2D eigenvalue weighted by Gasteiger charge is 2.20. The predicted molar refractivity (Wildman–Crippen MR) is 109 cm³/mol. The molecule has 0 aromatic heterocycles. The van der Waals surface area contributed by atoms with Crippen molar-refractivity contribution >= 4 is 24.1 Å². The fraction of sp³-hybridized carbons (Fsp3) is 0.300. The van der Waals surface area contributed by atoms with Crippen molar-refractivity contribution in [3.8, 4) is 5.75 Å². The first-order valence-corrected chi connectivity index (χ1v) is 8.41. The highest BCUT2D eigenvalue weighted by molar-refractivity contribution is 5.94. The lowest BCUT2D eigenvalue weighted by Gasteiger charge is -2.17. The standard InChI is InChI=1S/C20H25N3O3.ClH/c1-13(2)26-17-6-4-5-16(11-17)18(25-3)20(24)23-12-14-7-9-15(10-8-14)19(21)22;/h4-11,13,18H,12H2,1-3H3,(H3,21,22)(H,23,24);1H. The Bertz CT molecular complexity index is 763. The molecule has 0 aliphatic heterocycles. The Hall–Kier alpha value is -2.57. The van der Waals surface area contributed by atoms with Crippen LogP contribution in [0.1, 0.15) is 36.6 Å². The van der Waals surface area contributed by atoms with Gasteiger partial charge in [-0.05, 0) is 37.1 Å². The van der Waals surface area contributed by atoms with E-state index >= 15 is 0 Å². The van der Waals surface area contributed by atoms with Gasteiger partial charge in [-0.2, -0.15) is 0 Å². The summed E-state index contributed by atoms with van der Waals surface area (Å²) >= 11 is 0. The molecule has 0 heterocycles. The van der Waals surface area contributed by atoms with Gasteiger partial charge in [-0.15, -0.1) is 12.4 Å². The lowest BCUT2D eigenvalue weighted by molar-refractivity contribution is -0.131. The third-order valence-electron chi connectivity index (χ3n) is 3.74. The van der Waals surface area contributed by atoms with E-state index in [9.17, 15) is 4.79 Å². The molecule has 0 aliphatic rings. The van der Waals surface area contributed by atoms with E-state index in [1.807, 2.05) is 50.2 Å². The average molecular weight is 392 g/mol. The summed E-state index contributed by atoms with van der Waals surface area (Å²) in [7, 11) is 1.50. The summed E-state index contributed by atoms with van der Waals surface area (Å²) in [6.07, 6.45) is -0.666. The molecule has 0 fully saturated rings. The lowest BCUT2D eigenvalue weighted by atomic mass is 10.1. The number of carbonyl (C=O) groups excluding carboxylic acids is 1. The Labute approximate surface area is 166 Å². The van der Waals surface area contributed by atoms with Crippen LogP contribution < -0.4 is 15.8 Å². The van der Waals surface area contributed by atoms with E-state index in [2.05, 4.69) is 5.32 Å². The second kappa shape index (κ2) is 10.5. The van der Waals surface area contributed by atoms with Gasteiger partial charge < -0.3 is 20.5 Å². The number of rotatable bonds is 8. The molecule has 1 atom stereocenters. The van der Waals surface area contributed by atoms with Crippen molar-refractivity contribution in [2.45, 2.75) is 32.6 Å². The summed E-state index contributed by atoms with van der Waals surface area (Å²) in [4.78, 5) is 12.5. The van der Waals surface area contributed by atoms with Crippen LogP contribution in [0, 0.1) is 5.41 Å². The monoisotopic (exact) mass is 391 g/mol. The topological polar surface area (TPSA) is 97.4 Å². The number of amides is 1. The first-order valence-electron chi connectivity index (χ1n) is 8.41. The molecule has 27 heavy (non-hydrogen) atoms. The predicted octanol–water partition coefficient (Wildman–Crippen LogP) is 3.18. The molecule has 0 aliphatic carbocycles. The summed E-state index contributed by atoms with van der Waals surface area (Å²) in [5.74, 6) is 0.487. The number of benzene rings is 2. The van der Waals surface area contributed by atoms with Crippen molar-refractivity contribution in [3.63, 3.8) is 0 Å². The van der Waals surface area contributed by atoms with E-state index < -0.39 is 6.10 Å². The molecule has 4 N–H and O–H groups in total. The van der Waals surface area contributed by atoms with E-state index in [4.69, 9.17) is 20.6 Å². The molecule has 146 valence electrons. The number of nitrogen functional groups attached to an aromatic ring is 1. The zero-order valence-corrected chi connectivity index (χ0v) is 16.5. The van der Waals surface area contributed by atoms with Crippen molar-refractivity contribution in [1.29, 1.82) is 5.41 Å². The van der Waals surface area contributed by atoms with Crippen molar-refractivity contribution in [2.24, 2.45) is 5.73 Å². The maximum absolute atomic E-state index is 12.5. The van der Waals surface area contributed by atoms with Crippen molar-refractivity contribution in [2.75, 3.05) is 7.11 Å². The fourth-order valence-electron chi connectivity index (χ4n) is 2.50. The molecular weight excluding hydrogens is 366 g/mol. The number of halogens is 1. The summed E-state index contributed by atoms with van der Waals surface area (Å²) in [6, 6.07) is 14.5. The van der Waals surface area contributed by atoms with E-state index in [1.54, 1.807) is 12.1 Å². The number of hydrogen-bond acceptors (Lipinski definition) is 4. The van der Waals surface area contributed by atoms with Gasteiger partial charge >= 0.3 is 0 Å². The third-order valence-corrected chi connectivity index (χ3v) is 3.74. The molecule has 0 bridgehead atoms. The number of methoxy groups -OCH3 is 1. The van der Waals surface area contributed by atoms with Gasteiger partial charge in [-0.25, -0.2) is 0 Å². The second-order valence-electron chi connectivity index (χ2n) is 6.18. The normalized spacial score (nSPS) is 11.4. The number of hydrogen-bond donors (Lipinski definition) is 3. The summed E-state index contributed by atoms with van der Waals surface area (Å²) < 4.78 is 11.1. The van der Waals surface area contributed by atoms with Crippen LogP contribution in [0.25, 0.3) is 0 Å². The number of nitrogens with one attached hydrogen (secondary N) is 2. The van der Waals surface area contributed by atoms with Crippen LogP contribution in [0.2, 0.25) is 0 Å². The summed E-state index contributed by atoms with van der Waals surface area (Å²) in [6.45, 7) is 4.26. The van der Waals surface area contributed by atoms with E-state index in [1.165, 1.54) is 7.11 Å². The minimum Gasteiger partial charge on any atom is -0.491 e. The Morgan fingerprint density at radius 2 is 1.85 bits per heavy atom. The van der Waals surface area contributed by atoms with Gasteiger partial charge in [-0.3, -0.25) is 10.2 Å². The van der Waals surface area contributed by atoms with Gasteiger partial charge in [0.2, 0.25) is 0 Å². The van der Waals surface area contributed by atoms with Gasteiger partial charge in [0.1, 0.15) is 11.6 Å². The molecule has 0 saturated carbocycles. The van der Waals surface area contributed by atoms with E-state index in [0.717, 1.165) is 11.1 Å². The zero-order chi connectivity index (χ0) is 19.1. The number of amidine groups is 1. The van der Waals surface area contributed by atoms with Crippen LogP contribution in [0.5, 0.6) is 5.75 Å². The molecule has 1 unspecified atom stereocenters. The minimum absolute atomic E-state index is 0. The highest BCUT2D eigenvalue weighted by atomic mass is 35.5. The first-order chi connectivity index (χ1) is 12.4. The maximum Gasteiger partial charge on any atom is 0.254 e. The van der Waals surface area contributed by atoms with Gasteiger partial charge in [0.15, 0.2) is 6.10 Å². The Morgan fingerprint density at radius 1 is 1.19 bits per heavy atom. The molecule has 2 aromatic rings. The molecule has 6 nitrogen and oxygen atoms in total. The zero-order valence-electron chi connectivity index (χ0n) is 15.7. The van der Waals surface area contributed by atoms with E-state index in [0.29, 0.717) is 17.9 Å². The summed E-state index contributed by atoms with van der Waals surface area (Å²) in [5.41, 5.74) is 7.73. The van der Waals surface area contributed by atoms with Gasteiger partial charge in [-0.1, -0.05) is 36.4 Å². The van der Waals surface area contributed by atoms with Gasteiger partial charge in [0.05, 0.1) is 6.10 Å². The number of carbonyl (C=O) groups is 1. The Morgan fingerprint density at radius 3 is 2.41 bits per heavy atom. The lowest BCUT2D eigenvalue weighted by Crippen LogP contribution is -2.30. The van der Waals surface area contributed by atoms with Crippen molar-refractivity contribution in [1.82, 2.24) is 5.32 Å². The van der Waals surface area contributed by atoms with Crippen molar-refractivity contribution < 1.29 is 14.3 Å². The molecular formula is C20H26ClN3O3. The van der Waals surface area contributed by atoms with Crippen LogP contribution in [-0.2, 0) is 16.1 Å². The minimum atomic E-state index is -0.720. The highest BCUT2D eigenvalue weighted by Crippen LogP contribution is 2.23. The molecule has 7 heteroatoms. The van der Waals surface area contributed by atoms with Crippen molar-refractivity contribution in [3.05, 3.63) is 65.2 Å². The number of ether oxygens (including phenoxy) is 2. The quantitative estimate of drug-likeness (QED) is 0.475. The Kier molecular flexibility index (Phi) is 8.78. The van der Waals surface area contributed by atoms with Gasteiger partial charge in [0, 0.05) is 19.2 Å². The molecule has 0 saturated heterocycles. The third kappa shape index (κ3) is 6.58. The molecule has 2 aromatic carbocycles. The average Bonchev–Trinajstić information content (AvgIpc) is 2.60. The smallest absolute Gasteiger partial charge is 0.254 e. The van der Waals surface area contributed by atoms with Gasteiger partial charge in [0.25, 0.3) is 5.91 Å². The number of nitrogens with two attached hydrogens (primary N) is 1. The SMILES string of the molecule is COC(C(=O)NCc1ccc(C(=N)N)cc1)c1cccc(OC(C)C)c1.Cl. The van der Waals surface area contributed by atoms with Crippen LogP contribution in [0.15, 0.2) is 48.5 Å². The first kappa shape index (κ1) is 22.5. The molecule has 2 rings (SSSR count). The molecule has 0 radical (unpaired) electrons. The Balaban J connectivity index is 0.00000364. The van der Waals surface area contributed by atoms with Crippen LogP contribution in [0.3, 0.4) is 0 Å². The molecule has 0 spiro atoms.